The number of carbonyl (C=O) groups excluding carboxylic acids is 2. The van der Waals surface area contributed by atoms with Crippen molar-refractivity contribution in [3.63, 3.8) is 0 Å². The van der Waals surface area contributed by atoms with Crippen LogP contribution < -0.4 is 0 Å². The van der Waals surface area contributed by atoms with E-state index in [1.165, 1.54) is 0 Å². The Hall–Kier alpha value is -1.75. The summed E-state index contributed by atoms with van der Waals surface area (Å²) in [7, 11) is 0. The number of nitrogens with zero attached hydrogens (tertiary/aromatic N) is 3. The molecule has 0 spiro atoms. The number of hydrogen-bond acceptors (Lipinski definition) is 4. The fourth-order valence-corrected chi connectivity index (χ4v) is 2.30. The largest absolute Gasteiger partial charge is 0.341 e. The van der Waals surface area contributed by atoms with Crippen LogP contribution in [0.15, 0.2) is 24.4 Å². The molecule has 0 saturated carbocycles. The highest BCUT2D eigenvalue weighted by Gasteiger charge is 2.22. The Kier molecular flexibility index (Phi) is 5.24. The highest BCUT2D eigenvalue weighted by Crippen LogP contribution is 2.08. The van der Waals surface area contributed by atoms with Gasteiger partial charge in [0.1, 0.15) is 5.78 Å². The Labute approximate surface area is 119 Å². The van der Waals surface area contributed by atoms with Crippen molar-refractivity contribution in [1.29, 1.82) is 0 Å². The van der Waals surface area contributed by atoms with E-state index < -0.39 is 0 Å². The van der Waals surface area contributed by atoms with E-state index in [0.29, 0.717) is 39.0 Å². The number of likely N-dealkylation sites (N-methyl/N-ethyl adjacent to an activating group) is 1. The van der Waals surface area contributed by atoms with Crippen molar-refractivity contribution < 1.29 is 9.59 Å². The smallest absolute Gasteiger partial charge is 0.236 e. The molecule has 0 radical (unpaired) electrons. The summed E-state index contributed by atoms with van der Waals surface area (Å²) in [5, 5.41) is 0. The predicted octanol–water partition coefficient (Wildman–Crippen LogP) is 1.09. The van der Waals surface area contributed by atoms with Crippen molar-refractivity contribution in [1.82, 2.24) is 14.8 Å². The molecule has 0 N–H and O–H groups in total. The quantitative estimate of drug-likeness (QED) is 0.807. The van der Waals surface area contributed by atoms with Gasteiger partial charge in [0, 0.05) is 38.7 Å². The van der Waals surface area contributed by atoms with Crippen LogP contribution in [-0.2, 0) is 16.1 Å². The molecule has 5 nitrogen and oxygen atoms in total. The monoisotopic (exact) mass is 275 g/mol. The van der Waals surface area contributed by atoms with E-state index in [0.717, 1.165) is 12.2 Å². The minimum Gasteiger partial charge on any atom is -0.341 e. The van der Waals surface area contributed by atoms with Crippen molar-refractivity contribution in [2.24, 2.45) is 0 Å². The zero-order valence-corrected chi connectivity index (χ0v) is 11.9. The van der Waals surface area contributed by atoms with Gasteiger partial charge in [-0.3, -0.25) is 19.5 Å². The molecular formula is C15H21N3O2. The Morgan fingerprint density at radius 2 is 2.10 bits per heavy atom. The second-order valence-electron chi connectivity index (χ2n) is 5.04. The van der Waals surface area contributed by atoms with Crippen LogP contribution in [0.4, 0.5) is 0 Å². The molecule has 5 heteroatoms. The molecule has 1 aliphatic heterocycles. The molecule has 1 amide bonds. The Balaban J connectivity index is 1.86. The summed E-state index contributed by atoms with van der Waals surface area (Å²) in [6.45, 7) is 5.04. The summed E-state index contributed by atoms with van der Waals surface area (Å²) in [5.41, 5.74) is 0.968. The summed E-state index contributed by atoms with van der Waals surface area (Å²) in [6, 6.07) is 5.80. The molecule has 1 fully saturated rings. The Morgan fingerprint density at radius 1 is 1.35 bits per heavy atom. The van der Waals surface area contributed by atoms with E-state index >= 15 is 0 Å². The number of ketones is 1. The van der Waals surface area contributed by atoms with Gasteiger partial charge in [0.25, 0.3) is 0 Å². The van der Waals surface area contributed by atoms with Crippen LogP contribution >= 0.6 is 0 Å². The van der Waals surface area contributed by atoms with Gasteiger partial charge >= 0.3 is 0 Å². The number of rotatable bonds is 5. The molecule has 2 heterocycles. The summed E-state index contributed by atoms with van der Waals surface area (Å²) in [6.07, 6.45) is 2.76. The van der Waals surface area contributed by atoms with Crippen LogP contribution in [0.2, 0.25) is 0 Å². The third kappa shape index (κ3) is 4.13. The average molecular weight is 275 g/mol. The first-order valence-corrected chi connectivity index (χ1v) is 7.10. The zero-order valence-electron chi connectivity index (χ0n) is 11.9. The molecule has 2 rings (SSSR count). The summed E-state index contributed by atoms with van der Waals surface area (Å²) >= 11 is 0. The third-order valence-electron chi connectivity index (χ3n) is 3.59. The minimum absolute atomic E-state index is 0.107. The highest BCUT2D eigenvalue weighted by atomic mass is 16.2. The Morgan fingerprint density at radius 3 is 2.70 bits per heavy atom. The minimum atomic E-state index is 0.107. The van der Waals surface area contributed by atoms with E-state index in [1.807, 2.05) is 25.1 Å². The van der Waals surface area contributed by atoms with Crippen molar-refractivity contribution in [3.05, 3.63) is 30.1 Å². The normalized spacial score (nSPS) is 15.7. The van der Waals surface area contributed by atoms with Gasteiger partial charge in [-0.05, 0) is 18.7 Å². The lowest BCUT2D eigenvalue weighted by atomic mass is 10.1. The second kappa shape index (κ2) is 7.14. The number of pyridine rings is 1. The van der Waals surface area contributed by atoms with Gasteiger partial charge in [0.15, 0.2) is 0 Å². The maximum Gasteiger partial charge on any atom is 0.236 e. The van der Waals surface area contributed by atoms with Gasteiger partial charge < -0.3 is 4.90 Å². The van der Waals surface area contributed by atoms with Crippen LogP contribution in [0.5, 0.6) is 0 Å². The number of amides is 1. The standard InChI is InChI=1S/C15H21N3O2/c1-2-17(11-13-5-3-4-8-16-13)12-15(20)18-9-6-14(19)7-10-18/h3-5,8H,2,6-7,9-12H2,1H3. The maximum absolute atomic E-state index is 12.2. The van der Waals surface area contributed by atoms with Gasteiger partial charge in [-0.25, -0.2) is 0 Å². The van der Waals surface area contributed by atoms with Gasteiger partial charge in [0.2, 0.25) is 5.91 Å². The van der Waals surface area contributed by atoms with Crippen LogP contribution in [0.3, 0.4) is 0 Å². The first-order chi connectivity index (χ1) is 9.69. The number of Topliss-reactive ketones (excluding diaryl/α,β-unsaturated/α-hetero) is 1. The lowest BCUT2D eigenvalue weighted by molar-refractivity contribution is -0.135. The van der Waals surface area contributed by atoms with E-state index in [9.17, 15) is 9.59 Å². The molecule has 108 valence electrons. The molecule has 0 aromatic carbocycles. The number of aromatic nitrogens is 1. The summed E-state index contributed by atoms with van der Waals surface area (Å²) in [4.78, 5) is 31.6. The molecule has 0 atom stereocenters. The van der Waals surface area contributed by atoms with Crippen molar-refractivity contribution >= 4 is 11.7 Å². The van der Waals surface area contributed by atoms with E-state index in [2.05, 4.69) is 9.88 Å². The molecule has 1 aromatic heterocycles. The number of hydrogen-bond donors (Lipinski definition) is 0. The van der Waals surface area contributed by atoms with E-state index in [1.54, 1.807) is 11.1 Å². The lowest BCUT2D eigenvalue weighted by Crippen LogP contribution is -2.44. The molecule has 1 aliphatic rings. The van der Waals surface area contributed by atoms with Crippen LogP contribution in [-0.4, -0.2) is 52.7 Å². The van der Waals surface area contributed by atoms with Gasteiger partial charge in [-0.15, -0.1) is 0 Å². The predicted molar refractivity (Wildman–Crippen MR) is 76.0 cm³/mol. The number of piperidine rings is 1. The van der Waals surface area contributed by atoms with Crippen LogP contribution in [0, 0.1) is 0 Å². The zero-order chi connectivity index (χ0) is 14.4. The molecule has 0 aliphatic carbocycles. The van der Waals surface area contributed by atoms with Gasteiger partial charge in [-0.2, -0.15) is 0 Å². The molecule has 0 bridgehead atoms. The third-order valence-corrected chi connectivity index (χ3v) is 3.59. The molecular weight excluding hydrogens is 254 g/mol. The molecule has 20 heavy (non-hydrogen) atoms. The van der Waals surface area contributed by atoms with E-state index in [-0.39, 0.29) is 11.7 Å². The highest BCUT2D eigenvalue weighted by molar-refractivity contribution is 5.84. The van der Waals surface area contributed by atoms with Gasteiger partial charge in [0.05, 0.1) is 12.2 Å². The lowest BCUT2D eigenvalue weighted by Gasteiger charge is -2.29. The van der Waals surface area contributed by atoms with Crippen molar-refractivity contribution in [3.8, 4) is 0 Å². The van der Waals surface area contributed by atoms with Crippen molar-refractivity contribution in [2.75, 3.05) is 26.2 Å². The first-order valence-electron chi connectivity index (χ1n) is 7.10. The fourth-order valence-electron chi connectivity index (χ4n) is 2.30. The number of likely N-dealkylation sites (tertiary alicyclic amines) is 1. The number of carbonyl (C=O) groups is 2. The van der Waals surface area contributed by atoms with E-state index in [4.69, 9.17) is 0 Å². The van der Waals surface area contributed by atoms with Crippen LogP contribution in [0.1, 0.15) is 25.5 Å². The summed E-state index contributed by atoms with van der Waals surface area (Å²) in [5.74, 6) is 0.366. The maximum atomic E-state index is 12.2. The fraction of sp³-hybridized carbons (Fsp3) is 0.533. The van der Waals surface area contributed by atoms with Crippen LogP contribution in [0.25, 0.3) is 0 Å². The SMILES string of the molecule is CCN(CC(=O)N1CCC(=O)CC1)Cc1ccccn1. The average Bonchev–Trinajstić information content (AvgIpc) is 2.48. The molecule has 1 saturated heterocycles. The first kappa shape index (κ1) is 14.7. The van der Waals surface area contributed by atoms with Crippen molar-refractivity contribution in [2.45, 2.75) is 26.3 Å². The Bertz CT molecular complexity index is 451. The topological polar surface area (TPSA) is 53.5 Å². The second-order valence-corrected chi connectivity index (χ2v) is 5.04. The molecule has 1 aromatic rings. The van der Waals surface area contributed by atoms with Gasteiger partial charge in [-0.1, -0.05) is 13.0 Å². The molecule has 0 unspecified atom stereocenters. The summed E-state index contributed by atoms with van der Waals surface area (Å²) < 4.78 is 0.